The molecule has 3 rings (SSSR count). The molecule has 0 fully saturated rings. The molecule has 0 saturated heterocycles. The number of hydrogen-bond acceptors (Lipinski definition) is 4. The summed E-state index contributed by atoms with van der Waals surface area (Å²) in [4.78, 5) is 15.8. The number of carbonyl (C=O) groups is 1. The Bertz CT molecular complexity index is 647. The van der Waals surface area contributed by atoms with Crippen LogP contribution in [0.15, 0.2) is 18.2 Å². The van der Waals surface area contributed by atoms with E-state index < -0.39 is 6.04 Å². The van der Waals surface area contributed by atoms with E-state index in [1.807, 2.05) is 6.07 Å². The lowest BCUT2D eigenvalue weighted by Gasteiger charge is -2.03. The van der Waals surface area contributed by atoms with Gasteiger partial charge in [0, 0.05) is 5.56 Å². The third-order valence-electron chi connectivity index (χ3n) is 3.51. The zero-order valence-electron chi connectivity index (χ0n) is 11.3. The molecule has 1 atom stereocenters. The summed E-state index contributed by atoms with van der Waals surface area (Å²) in [5.74, 6) is 0.604. The molecule has 0 aliphatic heterocycles. The number of amides is 1. The smallest absolute Gasteiger partial charge is 0.249 e. The highest BCUT2D eigenvalue weighted by atomic mass is 16.2. The summed E-state index contributed by atoms with van der Waals surface area (Å²) in [6, 6.07) is 5.72. The minimum absolute atomic E-state index is 0.253. The summed E-state index contributed by atoms with van der Waals surface area (Å²) in [5, 5.41) is 9.39. The van der Waals surface area contributed by atoms with Crippen molar-refractivity contribution in [1.29, 1.82) is 0 Å². The zero-order chi connectivity index (χ0) is 14.1. The van der Waals surface area contributed by atoms with Crippen LogP contribution in [0.4, 0.5) is 5.95 Å². The van der Waals surface area contributed by atoms with Crippen molar-refractivity contribution in [2.45, 2.75) is 32.2 Å². The second-order valence-electron chi connectivity index (χ2n) is 5.12. The second-order valence-corrected chi connectivity index (χ2v) is 5.12. The van der Waals surface area contributed by atoms with Gasteiger partial charge < -0.3 is 5.73 Å². The van der Waals surface area contributed by atoms with E-state index in [1.54, 1.807) is 6.92 Å². The molecule has 6 nitrogen and oxygen atoms in total. The van der Waals surface area contributed by atoms with Crippen molar-refractivity contribution < 1.29 is 4.79 Å². The molecule has 1 heterocycles. The topological polar surface area (TPSA) is 96.7 Å². The molecule has 4 N–H and O–H groups in total. The number of aromatic nitrogens is 3. The Labute approximate surface area is 116 Å². The Hall–Kier alpha value is -2.21. The van der Waals surface area contributed by atoms with E-state index in [-0.39, 0.29) is 11.9 Å². The van der Waals surface area contributed by atoms with Gasteiger partial charge in [-0.2, -0.15) is 4.98 Å². The first-order valence-corrected chi connectivity index (χ1v) is 6.74. The Balaban J connectivity index is 1.81. The number of nitrogens with two attached hydrogens (primary N) is 1. The number of hydrogen-bond donors (Lipinski definition) is 3. The molecule has 6 heteroatoms. The van der Waals surface area contributed by atoms with Gasteiger partial charge in [-0.1, -0.05) is 12.1 Å². The Morgan fingerprint density at radius 3 is 3.00 bits per heavy atom. The molecule has 104 valence electrons. The maximum Gasteiger partial charge on any atom is 0.249 e. The third-order valence-corrected chi connectivity index (χ3v) is 3.51. The van der Waals surface area contributed by atoms with Gasteiger partial charge in [0.25, 0.3) is 0 Å². The van der Waals surface area contributed by atoms with E-state index >= 15 is 0 Å². The minimum atomic E-state index is -0.586. The second kappa shape index (κ2) is 5.05. The molecule has 1 aromatic heterocycles. The number of carbonyl (C=O) groups excluding carboxylic acids is 1. The molecule has 1 aliphatic carbocycles. The van der Waals surface area contributed by atoms with Crippen LogP contribution in [0.2, 0.25) is 0 Å². The Kier molecular flexibility index (Phi) is 3.23. The average Bonchev–Trinajstić information content (AvgIpc) is 3.05. The molecular formula is C14H17N5O. The fourth-order valence-corrected chi connectivity index (χ4v) is 2.39. The van der Waals surface area contributed by atoms with Gasteiger partial charge in [-0.25, -0.2) is 0 Å². The lowest BCUT2D eigenvalue weighted by Crippen LogP contribution is -2.32. The van der Waals surface area contributed by atoms with Crippen LogP contribution in [0.1, 0.15) is 24.5 Å². The largest absolute Gasteiger partial charge is 0.320 e. The highest BCUT2D eigenvalue weighted by Crippen LogP contribution is 2.26. The summed E-state index contributed by atoms with van der Waals surface area (Å²) in [5.41, 5.74) is 9.26. The lowest BCUT2D eigenvalue weighted by molar-refractivity contribution is -0.117. The van der Waals surface area contributed by atoms with Gasteiger partial charge in [-0.15, -0.1) is 5.10 Å². The van der Waals surface area contributed by atoms with Crippen LogP contribution in [-0.2, 0) is 17.6 Å². The van der Waals surface area contributed by atoms with Gasteiger partial charge in [0.15, 0.2) is 5.82 Å². The van der Waals surface area contributed by atoms with Gasteiger partial charge in [0.2, 0.25) is 11.9 Å². The Morgan fingerprint density at radius 1 is 1.40 bits per heavy atom. The van der Waals surface area contributed by atoms with Crippen molar-refractivity contribution in [1.82, 2.24) is 15.2 Å². The standard InChI is InChI=1S/C14H17N5O/c1-8(15)13(20)17-14-16-12(18-19-14)11-6-5-9-3-2-4-10(9)7-11/h5-8H,2-4,15H2,1H3,(H2,16,17,18,19,20)/t8-/m0/s1. The number of nitrogens with zero attached hydrogens (tertiary/aromatic N) is 2. The van der Waals surface area contributed by atoms with Crippen LogP contribution in [0.3, 0.4) is 0 Å². The van der Waals surface area contributed by atoms with E-state index in [0.717, 1.165) is 18.4 Å². The predicted molar refractivity (Wildman–Crippen MR) is 76.1 cm³/mol. The summed E-state index contributed by atoms with van der Waals surface area (Å²) in [6.45, 7) is 1.61. The van der Waals surface area contributed by atoms with E-state index in [2.05, 4.69) is 32.6 Å². The molecule has 1 aliphatic rings. The number of fused-ring (bicyclic) bond motifs is 1. The molecular weight excluding hydrogens is 254 g/mol. The van der Waals surface area contributed by atoms with Gasteiger partial charge in [-0.3, -0.25) is 15.2 Å². The molecule has 0 radical (unpaired) electrons. The van der Waals surface area contributed by atoms with Crippen molar-refractivity contribution in [3.63, 3.8) is 0 Å². The number of anilines is 1. The number of aromatic amines is 1. The van der Waals surface area contributed by atoms with Crippen molar-refractivity contribution in [3.8, 4) is 11.4 Å². The molecule has 0 bridgehead atoms. The molecule has 2 aromatic rings. The molecule has 0 saturated carbocycles. The predicted octanol–water partition coefficient (Wildman–Crippen LogP) is 1.25. The van der Waals surface area contributed by atoms with Gasteiger partial charge in [0.05, 0.1) is 6.04 Å². The van der Waals surface area contributed by atoms with E-state index in [4.69, 9.17) is 5.73 Å². The fourth-order valence-electron chi connectivity index (χ4n) is 2.39. The van der Waals surface area contributed by atoms with Gasteiger partial charge in [0.1, 0.15) is 0 Å². The summed E-state index contributed by atoms with van der Waals surface area (Å²) >= 11 is 0. The quantitative estimate of drug-likeness (QED) is 0.782. The number of rotatable bonds is 3. The number of aryl methyl sites for hydroxylation is 2. The molecule has 0 unspecified atom stereocenters. The van der Waals surface area contributed by atoms with E-state index in [0.29, 0.717) is 5.82 Å². The van der Waals surface area contributed by atoms with Gasteiger partial charge in [-0.05, 0) is 43.4 Å². The lowest BCUT2D eigenvalue weighted by atomic mass is 10.1. The van der Waals surface area contributed by atoms with Crippen molar-refractivity contribution in [2.75, 3.05) is 5.32 Å². The van der Waals surface area contributed by atoms with Gasteiger partial charge >= 0.3 is 0 Å². The van der Waals surface area contributed by atoms with Crippen molar-refractivity contribution in [3.05, 3.63) is 29.3 Å². The average molecular weight is 271 g/mol. The molecule has 1 aromatic carbocycles. The molecule has 1 amide bonds. The van der Waals surface area contributed by atoms with E-state index in [9.17, 15) is 4.79 Å². The van der Waals surface area contributed by atoms with Crippen molar-refractivity contribution >= 4 is 11.9 Å². The van der Waals surface area contributed by atoms with Crippen LogP contribution >= 0.6 is 0 Å². The first kappa shape index (κ1) is 12.8. The zero-order valence-corrected chi connectivity index (χ0v) is 11.3. The first-order chi connectivity index (χ1) is 9.63. The minimum Gasteiger partial charge on any atom is -0.320 e. The maximum atomic E-state index is 11.5. The fraction of sp³-hybridized carbons (Fsp3) is 0.357. The summed E-state index contributed by atoms with van der Waals surface area (Å²) in [7, 11) is 0. The van der Waals surface area contributed by atoms with Crippen LogP contribution in [-0.4, -0.2) is 27.1 Å². The number of nitrogens with one attached hydrogen (secondary N) is 2. The number of benzene rings is 1. The summed E-state index contributed by atoms with van der Waals surface area (Å²) in [6.07, 6.45) is 3.48. The number of H-pyrrole nitrogens is 1. The molecule has 20 heavy (non-hydrogen) atoms. The monoisotopic (exact) mass is 271 g/mol. The van der Waals surface area contributed by atoms with E-state index in [1.165, 1.54) is 17.5 Å². The highest BCUT2D eigenvalue weighted by Gasteiger charge is 2.14. The van der Waals surface area contributed by atoms with Crippen molar-refractivity contribution in [2.24, 2.45) is 5.73 Å². The highest BCUT2D eigenvalue weighted by molar-refractivity contribution is 5.92. The first-order valence-electron chi connectivity index (χ1n) is 6.74. The van der Waals surface area contributed by atoms with Crippen LogP contribution in [0, 0.1) is 0 Å². The SMILES string of the molecule is C[C@H](N)C(=O)Nc1n[nH]c(-c2ccc3c(c2)CCC3)n1. The van der Waals surface area contributed by atoms with Crippen LogP contribution in [0.25, 0.3) is 11.4 Å². The molecule has 0 spiro atoms. The maximum absolute atomic E-state index is 11.5. The Morgan fingerprint density at radius 2 is 2.20 bits per heavy atom. The van der Waals surface area contributed by atoms with Crippen LogP contribution < -0.4 is 11.1 Å². The third kappa shape index (κ3) is 2.42. The van der Waals surface area contributed by atoms with Crippen LogP contribution in [0.5, 0.6) is 0 Å². The normalized spacial score (nSPS) is 14.9. The summed E-state index contributed by atoms with van der Waals surface area (Å²) < 4.78 is 0.